The number of hydrogen-bond acceptors (Lipinski definition) is 4. The van der Waals surface area contributed by atoms with Crippen molar-refractivity contribution in [3.8, 4) is 0 Å². The molecule has 1 aromatic heterocycles. The molecule has 0 bridgehead atoms. The largest absolute Gasteiger partial charge is 0.481 e. The molecular weight excluding hydrogens is 212 g/mol. The number of carboxylic acid groups (broad SMARTS) is 1. The van der Waals surface area contributed by atoms with Gasteiger partial charge in [0.1, 0.15) is 0 Å². The van der Waals surface area contributed by atoms with E-state index in [0.717, 1.165) is 23.5 Å². The Kier molecular flexibility index (Phi) is 3.02. The van der Waals surface area contributed by atoms with Gasteiger partial charge < -0.3 is 10.4 Å². The molecule has 1 aliphatic carbocycles. The quantitative estimate of drug-likeness (QED) is 0.814. The van der Waals surface area contributed by atoms with Crippen molar-refractivity contribution in [2.75, 3.05) is 0 Å². The van der Waals surface area contributed by atoms with E-state index in [1.807, 2.05) is 12.3 Å². The maximum atomic E-state index is 10.8. The monoisotopic (exact) mass is 226 g/mol. The first-order valence-electron chi connectivity index (χ1n) is 5.04. The van der Waals surface area contributed by atoms with Crippen LogP contribution in [-0.2, 0) is 11.3 Å². The lowest BCUT2D eigenvalue weighted by Crippen LogP contribution is -2.47. The van der Waals surface area contributed by atoms with E-state index in [0.29, 0.717) is 6.54 Å². The highest BCUT2D eigenvalue weighted by molar-refractivity contribution is 7.09. The van der Waals surface area contributed by atoms with Crippen molar-refractivity contribution in [3.63, 3.8) is 0 Å². The van der Waals surface area contributed by atoms with Crippen LogP contribution in [0.1, 0.15) is 23.5 Å². The Hall–Kier alpha value is -0.940. The number of aromatic nitrogens is 1. The van der Waals surface area contributed by atoms with Crippen molar-refractivity contribution in [1.82, 2.24) is 10.3 Å². The predicted molar refractivity (Wildman–Crippen MR) is 57.8 cm³/mol. The van der Waals surface area contributed by atoms with Crippen molar-refractivity contribution in [3.05, 3.63) is 16.1 Å². The molecule has 15 heavy (non-hydrogen) atoms. The molecule has 2 rings (SSSR count). The summed E-state index contributed by atoms with van der Waals surface area (Å²) < 4.78 is 0. The summed E-state index contributed by atoms with van der Waals surface area (Å²) in [5.41, 5.74) is 1.01. The summed E-state index contributed by atoms with van der Waals surface area (Å²) in [6.07, 6.45) is 1.75. The Balaban J connectivity index is 1.81. The Morgan fingerprint density at radius 3 is 3.00 bits per heavy atom. The summed E-state index contributed by atoms with van der Waals surface area (Å²) in [5.74, 6) is -0.891. The van der Waals surface area contributed by atoms with Crippen molar-refractivity contribution in [1.29, 1.82) is 0 Å². The topological polar surface area (TPSA) is 62.2 Å². The predicted octanol–water partition coefficient (Wildman–Crippen LogP) is 1.40. The average Bonchev–Trinajstić information content (AvgIpc) is 2.48. The molecule has 1 aliphatic rings. The number of rotatable bonds is 4. The first-order chi connectivity index (χ1) is 7.16. The maximum Gasteiger partial charge on any atom is 0.308 e. The minimum absolute atomic E-state index is 0.129. The maximum absolute atomic E-state index is 10.8. The molecule has 5 heteroatoms. The molecule has 2 unspecified atom stereocenters. The second-order valence-corrected chi connectivity index (χ2v) is 4.93. The normalized spacial score (nSPS) is 24.9. The molecule has 1 aromatic rings. The highest BCUT2D eigenvalue weighted by Crippen LogP contribution is 2.27. The van der Waals surface area contributed by atoms with Crippen LogP contribution in [0.25, 0.3) is 0 Å². The lowest BCUT2D eigenvalue weighted by atomic mass is 9.79. The Morgan fingerprint density at radius 2 is 2.53 bits per heavy atom. The van der Waals surface area contributed by atoms with Crippen LogP contribution in [0.2, 0.25) is 0 Å². The van der Waals surface area contributed by atoms with Crippen LogP contribution < -0.4 is 5.32 Å². The standard InChI is InChI=1S/C10H14N2O2S/c1-6-12-7(5-15-6)4-11-9-3-2-8(9)10(13)14/h5,8-9,11H,2-4H2,1H3,(H,13,14). The molecule has 0 aliphatic heterocycles. The van der Waals surface area contributed by atoms with Gasteiger partial charge in [0.25, 0.3) is 0 Å². The third kappa shape index (κ3) is 2.35. The van der Waals surface area contributed by atoms with Gasteiger partial charge in [0, 0.05) is 18.0 Å². The molecule has 1 fully saturated rings. The Labute approximate surface area is 92.3 Å². The molecule has 0 saturated heterocycles. The summed E-state index contributed by atoms with van der Waals surface area (Å²) in [6, 6.07) is 0.129. The van der Waals surface area contributed by atoms with Crippen LogP contribution in [0.5, 0.6) is 0 Å². The third-order valence-electron chi connectivity index (χ3n) is 2.80. The van der Waals surface area contributed by atoms with Gasteiger partial charge in [0.05, 0.1) is 16.6 Å². The zero-order valence-corrected chi connectivity index (χ0v) is 9.38. The summed E-state index contributed by atoms with van der Waals surface area (Å²) in [7, 11) is 0. The third-order valence-corrected chi connectivity index (χ3v) is 3.63. The van der Waals surface area contributed by atoms with Gasteiger partial charge in [-0.15, -0.1) is 11.3 Å². The smallest absolute Gasteiger partial charge is 0.308 e. The number of nitrogens with zero attached hydrogens (tertiary/aromatic N) is 1. The highest BCUT2D eigenvalue weighted by atomic mass is 32.1. The van der Waals surface area contributed by atoms with E-state index in [9.17, 15) is 4.79 Å². The fourth-order valence-corrected chi connectivity index (χ4v) is 2.38. The number of aliphatic carboxylic acids is 1. The van der Waals surface area contributed by atoms with Gasteiger partial charge in [-0.1, -0.05) is 0 Å². The first kappa shape index (κ1) is 10.6. The molecule has 1 heterocycles. The van der Waals surface area contributed by atoms with Gasteiger partial charge >= 0.3 is 5.97 Å². The minimum Gasteiger partial charge on any atom is -0.481 e. The molecule has 4 nitrogen and oxygen atoms in total. The summed E-state index contributed by atoms with van der Waals surface area (Å²) in [6.45, 7) is 2.65. The van der Waals surface area contributed by atoms with Gasteiger partial charge in [-0.25, -0.2) is 4.98 Å². The highest BCUT2D eigenvalue weighted by Gasteiger charge is 2.35. The molecule has 82 valence electrons. The van der Waals surface area contributed by atoms with E-state index in [1.54, 1.807) is 11.3 Å². The van der Waals surface area contributed by atoms with E-state index in [-0.39, 0.29) is 12.0 Å². The lowest BCUT2D eigenvalue weighted by molar-refractivity contribution is -0.146. The van der Waals surface area contributed by atoms with Gasteiger partial charge in [-0.05, 0) is 19.8 Å². The molecule has 1 saturated carbocycles. The van der Waals surface area contributed by atoms with Crippen LogP contribution in [0.15, 0.2) is 5.38 Å². The second-order valence-electron chi connectivity index (χ2n) is 3.87. The molecule has 2 N–H and O–H groups in total. The van der Waals surface area contributed by atoms with Crippen LogP contribution in [0, 0.1) is 12.8 Å². The Bertz CT molecular complexity index is 364. The van der Waals surface area contributed by atoms with Crippen molar-refractivity contribution in [2.24, 2.45) is 5.92 Å². The van der Waals surface area contributed by atoms with E-state index >= 15 is 0 Å². The van der Waals surface area contributed by atoms with Gasteiger partial charge in [-0.2, -0.15) is 0 Å². The number of hydrogen-bond donors (Lipinski definition) is 2. The number of carboxylic acids is 1. The van der Waals surface area contributed by atoms with E-state index in [1.165, 1.54) is 0 Å². The molecule has 0 radical (unpaired) electrons. The van der Waals surface area contributed by atoms with Crippen LogP contribution in [0.3, 0.4) is 0 Å². The van der Waals surface area contributed by atoms with Crippen LogP contribution in [0.4, 0.5) is 0 Å². The molecule has 2 atom stereocenters. The fraction of sp³-hybridized carbons (Fsp3) is 0.600. The number of thiazole rings is 1. The van der Waals surface area contributed by atoms with Gasteiger partial charge in [0.2, 0.25) is 0 Å². The average molecular weight is 226 g/mol. The van der Waals surface area contributed by atoms with E-state index < -0.39 is 5.97 Å². The van der Waals surface area contributed by atoms with Gasteiger partial charge in [0.15, 0.2) is 0 Å². The van der Waals surface area contributed by atoms with Crippen LogP contribution >= 0.6 is 11.3 Å². The fourth-order valence-electron chi connectivity index (χ4n) is 1.76. The molecular formula is C10H14N2O2S. The van der Waals surface area contributed by atoms with Crippen LogP contribution in [-0.4, -0.2) is 22.1 Å². The SMILES string of the molecule is Cc1nc(CNC2CCC2C(=O)O)cs1. The zero-order valence-electron chi connectivity index (χ0n) is 8.56. The second kappa shape index (κ2) is 4.28. The minimum atomic E-state index is -0.687. The van der Waals surface area contributed by atoms with E-state index in [4.69, 9.17) is 5.11 Å². The molecule has 0 spiro atoms. The number of aryl methyl sites for hydroxylation is 1. The first-order valence-corrected chi connectivity index (χ1v) is 5.92. The number of carbonyl (C=O) groups is 1. The number of nitrogens with one attached hydrogen (secondary N) is 1. The van der Waals surface area contributed by atoms with Crippen molar-refractivity contribution in [2.45, 2.75) is 32.4 Å². The lowest BCUT2D eigenvalue weighted by Gasteiger charge is -2.33. The Morgan fingerprint density at radius 1 is 1.73 bits per heavy atom. The zero-order chi connectivity index (χ0) is 10.8. The van der Waals surface area contributed by atoms with E-state index in [2.05, 4.69) is 10.3 Å². The van der Waals surface area contributed by atoms with Crippen molar-refractivity contribution >= 4 is 17.3 Å². The summed E-state index contributed by atoms with van der Waals surface area (Å²) >= 11 is 1.62. The molecule has 0 amide bonds. The van der Waals surface area contributed by atoms with Gasteiger partial charge in [-0.3, -0.25) is 4.79 Å². The summed E-state index contributed by atoms with van der Waals surface area (Å²) in [4.78, 5) is 15.1. The molecule has 0 aromatic carbocycles. The summed E-state index contributed by atoms with van der Waals surface area (Å²) in [5, 5.41) is 15.2. The van der Waals surface area contributed by atoms with Crippen molar-refractivity contribution < 1.29 is 9.90 Å².